The summed E-state index contributed by atoms with van der Waals surface area (Å²) in [6.07, 6.45) is 6.58. The van der Waals surface area contributed by atoms with E-state index in [9.17, 15) is 4.79 Å². The first-order valence-corrected chi connectivity index (χ1v) is 8.68. The molecule has 128 valence electrons. The van der Waals surface area contributed by atoms with Crippen molar-refractivity contribution < 1.29 is 4.79 Å². The van der Waals surface area contributed by atoms with Gasteiger partial charge in [0.25, 0.3) is 0 Å². The second-order valence-corrected chi connectivity index (χ2v) is 7.42. The molecule has 1 aromatic carbocycles. The van der Waals surface area contributed by atoms with E-state index in [1.807, 2.05) is 13.0 Å². The van der Waals surface area contributed by atoms with Crippen molar-refractivity contribution in [2.45, 2.75) is 51.5 Å². The highest BCUT2D eigenvalue weighted by Gasteiger charge is 2.55. The normalized spacial score (nSPS) is 29.8. The summed E-state index contributed by atoms with van der Waals surface area (Å²) in [5, 5.41) is 3.18. The molecule has 0 radical (unpaired) electrons. The standard InChI is InChI=1S/C19H28N2O.ClH/c1-14(20)9-10-21-18(22)19(12-15-5-3-2-4-6-15)13-16-7-8-17(19)11-16;/h2-6,14,16-17H,7-13,20H2,1H3,(H,21,22);1H. The largest absolute Gasteiger partial charge is 0.356 e. The molecule has 2 saturated carbocycles. The maximum atomic E-state index is 13.0. The summed E-state index contributed by atoms with van der Waals surface area (Å²) in [7, 11) is 0. The summed E-state index contributed by atoms with van der Waals surface area (Å²) in [4.78, 5) is 13.0. The van der Waals surface area contributed by atoms with Gasteiger partial charge in [-0.15, -0.1) is 12.4 Å². The van der Waals surface area contributed by atoms with E-state index in [4.69, 9.17) is 5.73 Å². The Bertz CT molecular complexity index is 519. The quantitative estimate of drug-likeness (QED) is 0.837. The third-order valence-electron chi connectivity index (χ3n) is 5.68. The molecule has 1 aromatic rings. The number of nitrogens with two attached hydrogens (primary N) is 1. The van der Waals surface area contributed by atoms with Gasteiger partial charge in [-0.1, -0.05) is 36.8 Å². The molecular formula is C19H29ClN2O. The zero-order valence-electron chi connectivity index (χ0n) is 14.0. The highest BCUT2D eigenvalue weighted by Crippen LogP contribution is 2.57. The number of hydrogen-bond donors (Lipinski definition) is 2. The Labute approximate surface area is 145 Å². The summed E-state index contributed by atoms with van der Waals surface area (Å²) in [6.45, 7) is 2.69. The molecule has 3 rings (SSSR count). The van der Waals surface area contributed by atoms with E-state index in [1.54, 1.807) is 0 Å². The van der Waals surface area contributed by atoms with E-state index in [0.717, 1.165) is 25.2 Å². The predicted molar refractivity (Wildman–Crippen MR) is 96.6 cm³/mol. The predicted octanol–water partition coefficient (Wildman–Crippen LogP) is 3.31. The SMILES string of the molecule is CC(N)CCNC(=O)C1(Cc2ccccc2)CC2CCC1C2.Cl. The second-order valence-electron chi connectivity index (χ2n) is 7.42. The van der Waals surface area contributed by atoms with Crippen LogP contribution >= 0.6 is 12.4 Å². The van der Waals surface area contributed by atoms with Gasteiger partial charge in [0.15, 0.2) is 0 Å². The molecule has 0 heterocycles. The van der Waals surface area contributed by atoms with Gasteiger partial charge in [-0.3, -0.25) is 4.79 Å². The molecule has 2 bridgehead atoms. The van der Waals surface area contributed by atoms with Gasteiger partial charge in [0.05, 0.1) is 5.41 Å². The Morgan fingerprint density at radius 2 is 2.09 bits per heavy atom. The number of nitrogens with one attached hydrogen (secondary N) is 1. The average Bonchev–Trinajstić information content (AvgIpc) is 3.09. The van der Waals surface area contributed by atoms with Crippen molar-refractivity contribution in [2.75, 3.05) is 6.54 Å². The Kier molecular flexibility index (Phi) is 6.10. The van der Waals surface area contributed by atoms with Gasteiger partial charge >= 0.3 is 0 Å². The van der Waals surface area contributed by atoms with Crippen LogP contribution in [0.2, 0.25) is 0 Å². The first kappa shape index (κ1) is 18.3. The molecule has 0 aromatic heterocycles. The Balaban J connectivity index is 0.00000192. The molecule has 4 atom stereocenters. The van der Waals surface area contributed by atoms with Crippen molar-refractivity contribution in [1.29, 1.82) is 0 Å². The minimum Gasteiger partial charge on any atom is -0.356 e. The second kappa shape index (κ2) is 7.67. The van der Waals surface area contributed by atoms with Crippen LogP contribution in [-0.2, 0) is 11.2 Å². The van der Waals surface area contributed by atoms with Gasteiger partial charge in [-0.2, -0.15) is 0 Å². The monoisotopic (exact) mass is 336 g/mol. The Hall–Kier alpha value is -1.06. The molecule has 3 N–H and O–H groups in total. The molecule has 3 nitrogen and oxygen atoms in total. The highest BCUT2D eigenvalue weighted by molar-refractivity contribution is 5.85. The maximum absolute atomic E-state index is 13.0. The first-order valence-electron chi connectivity index (χ1n) is 8.68. The summed E-state index contributed by atoms with van der Waals surface area (Å²) >= 11 is 0. The molecule has 2 aliphatic carbocycles. The zero-order chi connectivity index (χ0) is 15.6. The van der Waals surface area contributed by atoms with Crippen LogP contribution in [0.5, 0.6) is 0 Å². The van der Waals surface area contributed by atoms with Crippen LogP contribution in [0.15, 0.2) is 30.3 Å². The first-order chi connectivity index (χ1) is 10.6. The molecule has 0 saturated heterocycles. The third-order valence-corrected chi connectivity index (χ3v) is 5.68. The number of carbonyl (C=O) groups is 1. The summed E-state index contributed by atoms with van der Waals surface area (Å²) in [5.74, 6) is 1.59. The van der Waals surface area contributed by atoms with Crippen molar-refractivity contribution >= 4 is 18.3 Å². The fourth-order valence-electron chi connectivity index (χ4n) is 4.57. The maximum Gasteiger partial charge on any atom is 0.226 e. The lowest BCUT2D eigenvalue weighted by Crippen LogP contribution is -2.46. The van der Waals surface area contributed by atoms with Crippen molar-refractivity contribution in [3.8, 4) is 0 Å². The highest BCUT2D eigenvalue weighted by atomic mass is 35.5. The van der Waals surface area contributed by atoms with E-state index in [-0.39, 0.29) is 29.8 Å². The van der Waals surface area contributed by atoms with Crippen LogP contribution in [0.25, 0.3) is 0 Å². The van der Waals surface area contributed by atoms with Gasteiger partial charge in [-0.05, 0) is 56.4 Å². The van der Waals surface area contributed by atoms with E-state index in [0.29, 0.717) is 12.5 Å². The lowest BCUT2D eigenvalue weighted by atomic mass is 9.68. The molecule has 1 amide bonds. The lowest BCUT2D eigenvalue weighted by molar-refractivity contribution is -0.134. The fourth-order valence-corrected chi connectivity index (χ4v) is 4.57. The molecule has 4 unspecified atom stereocenters. The van der Waals surface area contributed by atoms with Crippen LogP contribution in [0.4, 0.5) is 0 Å². The van der Waals surface area contributed by atoms with Crippen molar-refractivity contribution in [1.82, 2.24) is 5.32 Å². The molecule has 4 heteroatoms. The van der Waals surface area contributed by atoms with Crippen molar-refractivity contribution in [3.63, 3.8) is 0 Å². The topological polar surface area (TPSA) is 55.1 Å². The molecule has 0 aliphatic heterocycles. The Morgan fingerprint density at radius 3 is 2.65 bits per heavy atom. The smallest absolute Gasteiger partial charge is 0.226 e. The zero-order valence-corrected chi connectivity index (χ0v) is 14.8. The van der Waals surface area contributed by atoms with Crippen LogP contribution in [0.3, 0.4) is 0 Å². The lowest BCUT2D eigenvalue weighted by Gasteiger charge is -2.36. The minimum absolute atomic E-state index is 0. The van der Waals surface area contributed by atoms with Crippen LogP contribution < -0.4 is 11.1 Å². The number of hydrogen-bond acceptors (Lipinski definition) is 2. The van der Waals surface area contributed by atoms with Gasteiger partial charge in [0.1, 0.15) is 0 Å². The number of carbonyl (C=O) groups excluding carboxylic acids is 1. The molecule has 2 aliphatic rings. The number of benzene rings is 1. The summed E-state index contributed by atoms with van der Waals surface area (Å²) in [5.41, 5.74) is 6.91. The number of fused-ring (bicyclic) bond motifs is 2. The van der Waals surface area contributed by atoms with E-state index >= 15 is 0 Å². The minimum atomic E-state index is -0.178. The molecule has 0 spiro atoms. The average molecular weight is 337 g/mol. The number of rotatable bonds is 6. The van der Waals surface area contributed by atoms with Gasteiger partial charge in [0, 0.05) is 12.6 Å². The molecular weight excluding hydrogens is 308 g/mol. The van der Waals surface area contributed by atoms with Crippen molar-refractivity contribution in [3.05, 3.63) is 35.9 Å². The summed E-state index contributed by atoms with van der Waals surface area (Å²) in [6, 6.07) is 10.6. The van der Waals surface area contributed by atoms with Gasteiger partial charge in [0.2, 0.25) is 5.91 Å². The van der Waals surface area contributed by atoms with Crippen LogP contribution in [0.1, 0.15) is 44.6 Å². The molecule has 23 heavy (non-hydrogen) atoms. The third kappa shape index (κ3) is 3.89. The van der Waals surface area contributed by atoms with Crippen molar-refractivity contribution in [2.24, 2.45) is 23.0 Å². The van der Waals surface area contributed by atoms with Crippen LogP contribution in [0, 0.1) is 17.3 Å². The van der Waals surface area contributed by atoms with E-state index in [2.05, 4.69) is 29.6 Å². The fraction of sp³-hybridized carbons (Fsp3) is 0.632. The van der Waals surface area contributed by atoms with E-state index in [1.165, 1.54) is 24.8 Å². The summed E-state index contributed by atoms with van der Waals surface area (Å²) < 4.78 is 0. The van der Waals surface area contributed by atoms with Crippen LogP contribution in [-0.4, -0.2) is 18.5 Å². The van der Waals surface area contributed by atoms with E-state index < -0.39 is 0 Å². The van der Waals surface area contributed by atoms with Gasteiger partial charge < -0.3 is 11.1 Å². The number of halogens is 1. The Morgan fingerprint density at radius 1 is 1.35 bits per heavy atom. The van der Waals surface area contributed by atoms with Gasteiger partial charge in [-0.25, -0.2) is 0 Å². The molecule has 2 fully saturated rings. The number of amides is 1.